The Bertz CT molecular complexity index is 714. The highest BCUT2D eigenvalue weighted by atomic mass is 35.5. The van der Waals surface area contributed by atoms with E-state index in [1.807, 2.05) is 30.9 Å². The van der Waals surface area contributed by atoms with E-state index >= 15 is 0 Å². The van der Waals surface area contributed by atoms with Gasteiger partial charge in [0.25, 0.3) is 5.91 Å². The van der Waals surface area contributed by atoms with Crippen molar-refractivity contribution in [1.82, 2.24) is 9.88 Å². The molecule has 0 spiro atoms. The van der Waals surface area contributed by atoms with Crippen LogP contribution in [-0.4, -0.2) is 34.9 Å². The summed E-state index contributed by atoms with van der Waals surface area (Å²) in [5, 5.41) is 0.864. The molecule has 2 aromatic rings. The fourth-order valence-electron chi connectivity index (χ4n) is 2.90. The number of thiophene rings is 1. The SMILES string of the molecule is Cc1nc(-c2ccc(Cl)s2)sc1C(=O)N1CCCC(C(C)N)C1.Cl. The molecular weight excluding hydrogens is 385 g/mol. The van der Waals surface area contributed by atoms with Gasteiger partial charge in [0.2, 0.25) is 0 Å². The smallest absolute Gasteiger partial charge is 0.265 e. The number of hydrogen-bond donors (Lipinski definition) is 1. The molecule has 0 aromatic carbocycles. The monoisotopic (exact) mass is 405 g/mol. The summed E-state index contributed by atoms with van der Waals surface area (Å²) in [5.74, 6) is 0.468. The zero-order valence-electron chi connectivity index (χ0n) is 13.6. The first-order chi connectivity index (χ1) is 11.0. The Labute approximate surface area is 161 Å². The van der Waals surface area contributed by atoms with Crippen molar-refractivity contribution < 1.29 is 4.79 Å². The first-order valence-corrected chi connectivity index (χ1v) is 9.75. The minimum absolute atomic E-state index is 0. The standard InChI is InChI=1S/C16H20ClN3OS2.ClH/c1-9(18)11-4-3-7-20(8-11)16(21)14-10(2)19-15(23-14)12-5-6-13(17)22-12;/h5-6,9,11H,3-4,7-8,18H2,1-2H3;1H. The highest BCUT2D eigenvalue weighted by Gasteiger charge is 2.28. The van der Waals surface area contributed by atoms with Crippen LogP contribution in [0.4, 0.5) is 0 Å². The number of thiazole rings is 1. The van der Waals surface area contributed by atoms with Crippen molar-refractivity contribution in [2.45, 2.75) is 32.7 Å². The van der Waals surface area contributed by atoms with Crippen LogP contribution in [-0.2, 0) is 0 Å². The summed E-state index contributed by atoms with van der Waals surface area (Å²) in [7, 11) is 0. The van der Waals surface area contributed by atoms with Crippen LogP contribution in [0.25, 0.3) is 9.88 Å². The van der Waals surface area contributed by atoms with Crippen LogP contribution in [0, 0.1) is 12.8 Å². The average Bonchev–Trinajstić information content (AvgIpc) is 3.12. The summed E-state index contributed by atoms with van der Waals surface area (Å²) in [6, 6.07) is 3.93. The van der Waals surface area contributed by atoms with E-state index in [0.717, 1.165) is 50.7 Å². The highest BCUT2D eigenvalue weighted by molar-refractivity contribution is 7.24. The number of nitrogens with two attached hydrogens (primary N) is 1. The third-order valence-electron chi connectivity index (χ3n) is 4.26. The number of amides is 1. The fourth-order valence-corrected chi connectivity index (χ4v) is 5.03. The van der Waals surface area contributed by atoms with Gasteiger partial charge >= 0.3 is 0 Å². The molecule has 2 atom stereocenters. The maximum atomic E-state index is 12.9. The van der Waals surface area contributed by atoms with Crippen LogP contribution in [0.5, 0.6) is 0 Å². The Morgan fingerprint density at radius 2 is 2.21 bits per heavy atom. The number of aromatic nitrogens is 1. The van der Waals surface area contributed by atoms with Crippen molar-refractivity contribution in [3.8, 4) is 9.88 Å². The zero-order chi connectivity index (χ0) is 16.6. The Balaban J connectivity index is 0.00000208. The Hall–Kier alpha value is -0.660. The number of piperidine rings is 1. The van der Waals surface area contributed by atoms with E-state index in [1.165, 1.54) is 22.7 Å². The maximum Gasteiger partial charge on any atom is 0.265 e. The molecule has 0 bridgehead atoms. The molecule has 2 unspecified atom stereocenters. The van der Waals surface area contributed by atoms with Gasteiger partial charge in [-0.1, -0.05) is 11.6 Å². The second kappa shape index (κ2) is 8.15. The number of rotatable bonds is 3. The molecule has 1 fully saturated rings. The van der Waals surface area contributed by atoms with E-state index in [4.69, 9.17) is 17.3 Å². The van der Waals surface area contributed by atoms with Gasteiger partial charge in [-0.05, 0) is 44.7 Å². The molecule has 1 aliphatic rings. The minimum Gasteiger partial charge on any atom is -0.338 e. The molecule has 0 saturated carbocycles. The largest absolute Gasteiger partial charge is 0.338 e. The van der Waals surface area contributed by atoms with Gasteiger partial charge in [0.1, 0.15) is 9.88 Å². The van der Waals surface area contributed by atoms with Gasteiger partial charge < -0.3 is 10.6 Å². The van der Waals surface area contributed by atoms with Crippen LogP contribution < -0.4 is 5.73 Å². The van der Waals surface area contributed by atoms with Crippen molar-refractivity contribution in [1.29, 1.82) is 0 Å². The van der Waals surface area contributed by atoms with Gasteiger partial charge in [0.05, 0.1) is 14.9 Å². The molecule has 3 rings (SSSR count). The minimum atomic E-state index is 0. The van der Waals surface area contributed by atoms with Crippen molar-refractivity contribution in [2.24, 2.45) is 11.7 Å². The number of carbonyl (C=O) groups excluding carboxylic acids is 1. The molecule has 2 aromatic heterocycles. The lowest BCUT2D eigenvalue weighted by Crippen LogP contribution is -2.45. The predicted octanol–water partition coefficient (Wildman–Crippen LogP) is 4.45. The number of carbonyl (C=O) groups is 1. The third kappa shape index (κ3) is 4.11. The highest BCUT2D eigenvalue weighted by Crippen LogP contribution is 2.35. The normalized spacial score (nSPS) is 19.0. The molecule has 2 N–H and O–H groups in total. The summed E-state index contributed by atoms with van der Waals surface area (Å²) in [4.78, 5) is 21.1. The second-order valence-electron chi connectivity index (χ2n) is 6.05. The second-order valence-corrected chi connectivity index (χ2v) is 8.76. The lowest BCUT2D eigenvalue weighted by molar-refractivity contribution is 0.0665. The number of likely N-dealkylation sites (tertiary alicyclic amines) is 1. The number of hydrogen-bond acceptors (Lipinski definition) is 5. The van der Waals surface area contributed by atoms with Crippen LogP contribution in [0.2, 0.25) is 4.34 Å². The van der Waals surface area contributed by atoms with E-state index in [0.29, 0.717) is 5.92 Å². The van der Waals surface area contributed by atoms with Crippen LogP contribution in [0.15, 0.2) is 12.1 Å². The Kier molecular flexibility index (Phi) is 6.67. The molecule has 0 aliphatic carbocycles. The predicted molar refractivity (Wildman–Crippen MR) is 105 cm³/mol. The lowest BCUT2D eigenvalue weighted by Gasteiger charge is -2.34. The Morgan fingerprint density at radius 1 is 1.46 bits per heavy atom. The van der Waals surface area contributed by atoms with Crippen molar-refractivity contribution in [2.75, 3.05) is 13.1 Å². The summed E-state index contributed by atoms with van der Waals surface area (Å²) in [6.07, 6.45) is 2.12. The number of nitrogens with zero attached hydrogens (tertiary/aromatic N) is 2. The molecule has 4 nitrogen and oxygen atoms in total. The van der Waals surface area contributed by atoms with E-state index < -0.39 is 0 Å². The van der Waals surface area contributed by atoms with Gasteiger partial charge in [-0.25, -0.2) is 4.98 Å². The van der Waals surface area contributed by atoms with Crippen molar-refractivity contribution >= 4 is 52.6 Å². The molecule has 3 heterocycles. The fraction of sp³-hybridized carbons (Fsp3) is 0.500. The Morgan fingerprint density at radius 3 is 2.83 bits per heavy atom. The molecule has 1 aliphatic heterocycles. The molecule has 0 radical (unpaired) electrons. The van der Waals surface area contributed by atoms with E-state index in [9.17, 15) is 4.79 Å². The topological polar surface area (TPSA) is 59.2 Å². The number of halogens is 2. The van der Waals surface area contributed by atoms with Crippen molar-refractivity contribution in [3.63, 3.8) is 0 Å². The van der Waals surface area contributed by atoms with Gasteiger partial charge in [-0.15, -0.1) is 35.1 Å². The molecule has 132 valence electrons. The molecule has 1 amide bonds. The first-order valence-electron chi connectivity index (χ1n) is 7.73. The van der Waals surface area contributed by atoms with E-state index in [-0.39, 0.29) is 24.4 Å². The molecule has 8 heteroatoms. The maximum absolute atomic E-state index is 12.9. The van der Waals surface area contributed by atoms with Gasteiger partial charge in [0, 0.05) is 19.1 Å². The molecule has 1 saturated heterocycles. The molecule has 24 heavy (non-hydrogen) atoms. The third-order valence-corrected chi connectivity index (χ3v) is 6.81. The summed E-state index contributed by atoms with van der Waals surface area (Å²) < 4.78 is 0.733. The van der Waals surface area contributed by atoms with Crippen LogP contribution in [0.3, 0.4) is 0 Å². The molecular formula is C16H21Cl2N3OS2. The van der Waals surface area contributed by atoms with Gasteiger partial charge in [0.15, 0.2) is 0 Å². The van der Waals surface area contributed by atoms with E-state index in [2.05, 4.69) is 4.98 Å². The van der Waals surface area contributed by atoms with Crippen LogP contribution in [0.1, 0.15) is 35.1 Å². The lowest BCUT2D eigenvalue weighted by atomic mass is 9.92. The average molecular weight is 406 g/mol. The van der Waals surface area contributed by atoms with Gasteiger partial charge in [-0.2, -0.15) is 0 Å². The quantitative estimate of drug-likeness (QED) is 0.819. The number of aryl methyl sites for hydroxylation is 1. The summed E-state index contributed by atoms with van der Waals surface area (Å²) in [5.41, 5.74) is 6.82. The van der Waals surface area contributed by atoms with E-state index in [1.54, 1.807) is 0 Å². The first kappa shape index (κ1) is 19.7. The summed E-state index contributed by atoms with van der Waals surface area (Å²) in [6.45, 7) is 5.47. The summed E-state index contributed by atoms with van der Waals surface area (Å²) >= 11 is 8.94. The zero-order valence-corrected chi connectivity index (χ0v) is 16.8. The van der Waals surface area contributed by atoms with Gasteiger partial charge in [-0.3, -0.25) is 4.79 Å². The van der Waals surface area contributed by atoms with Crippen LogP contribution >= 0.6 is 46.7 Å². The van der Waals surface area contributed by atoms with Crippen molar-refractivity contribution in [3.05, 3.63) is 27.0 Å².